The van der Waals surface area contributed by atoms with E-state index in [4.69, 9.17) is 11.2 Å². The van der Waals surface area contributed by atoms with Crippen LogP contribution in [0.2, 0.25) is 0 Å². The Morgan fingerprint density at radius 1 is 1.32 bits per heavy atom. The first-order valence-electron chi connectivity index (χ1n) is 7.35. The Labute approximate surface area is 149 Å². The number of nitrogens with zero attached hydrogens (tertiary/aromatic N) is 2. The third-order valence-electron chi connectivity index (χ3n) is 3.37. The molecule has 0 unspecified atom stereocenters. The summed E-state index contributed by atoms with van der Waals surface area (Å²) < 4.78 is 18.9. The largest absolute Gasteiger partial charge is 0.492 e. The highest BCUT2D eigenvalue weighted by Gasteiger charge is 2.09. The zero-order chi connectivity index (χ0) is 17.6. The van der Waals surface area contributed by atoms with Crippen LogP contribution in [0.5, 0.6) is 5.75 Å². The first kappa shape index (κ1) is 16.7. The van der Waals surface area contributed by atoms with E-state index in [0.29, 0.717) is 16.3 Å². The van der Waals surface area contributed by atoms with Crippen molar-refractivity contribution in [3.05, 3.63) is 64.8 Å². The van der Waals surface area contributed by atoms with E-state index in [-0.39, 0.29) is 5.75 Å². The molecule has 4 nitrogen and oxygen atoms in total. The number of rotatable bonds is 5. The summed E-state index contributed by atoms with van der Waals surface area (Å²) in [6, 6.07) is 12.8. The average Bonchev–Trinajstić information content (AvgIpc) is 3.11. The Morgan fingerprint density at radius 3 is 2.84 bits per heavy atom. The maximum absolute atomic E-state index is 13.9. The normalized spacial score (nSPS) is 10.6. The number of thiazole rings is 1. The Bertz CT molecular complexity index is 945. The van der Waals surface area contributed by atoms with Crippen molar-refractivity contribution < 1.29 is 9.13 Å². The number of ether oxygens (including phenoxy) is 1. The number of halogens is 1. The Hall–Kier alpha value is -3.17. The van der Waals surface area contributed by atoms with Crippen LogP contribution in [-0.4, -0.2) is 18.3 Å². The van der Waals surface area contributed by atoms with Gasteiger partial charge in [-0.25, -0.2) is 9.37 Å². The first-order valence-corrected chi connectivity index (χ1v) is 8.23. The molecule has 0 aliphatic heterocycles. The second-order valence-corrected chi connectivity index (χ2v) is 5.86. The van der Waals surface area contributed by atoms with Crippen molar-refractivity contribution in [3.8, 4) is 29.4 Å². The van der Waals surface area contributed by atoms with Gasteiger partial charge in [-0.15, -0.1) is 17.8 Å². The van der Waals surface area contributed by atoms with Crippen molar-refractivity contribution in [2.75, 3.05) is 12.5 Å². The fraction of sp³-hybridized carbons (Fsp3) is 0.0526. The molecule has 0 amide bonds. The molecule has 25 heavy (non-hydrogen) atoms. The number of nitrogens with one attached hydrogen (secondary N) is 1. The molecule has 0 aliphatic carbocycles. The van der Waals surface area contributed by atoms with Crippen LogP contribution in [0, 0.1) is 18.2 Å². The fourth-order valence-corrected chi connectivity index (χ4v) is 2.90. The van der Waals surface area contributed by atoms with Gasteiger partial charge in [0, 0.05) is 10.9 Å². The standard InChI is InChI=1S/C19H14FN3OS/c1-3-14-9-13(10-16(20)18(14)24-2)11-21-23-19-22-17(12-25-19)15-7-5-4-6-8-15/h1,4-12H,2H3,(H,22,23). The summed E-state index contributed by atoms with van der Waals surface area (Å²) in [4.78, 5) is 4.46. The van der Waals surface area contributed by atoms with E-state index in [1.807, 2.05) is 35.7 Å². The van der Waals surface area contributed by atoms with Crippen molar-refractivity contribution in [1.82, 2.24) is 4.98 Å². The highest BCUT2D eigenvalue weighted by Crippen LogP contribution is 2.25. The molecule has 6 heteroatoms. The minimum atomic E-state index is -0.528. The fourth-order valence-electron chi connectivity index (χ4n) is 2.23. The third kappa shape index (κ3) is 3.84. The number of hydrazone groups is 1. The van der Waals surface area contributed by atoms with Gasteiger partial charge < -0.3 is 4.74 Å². The van der Waals surface area contributed by atoms with Crippen LogP contribution < -0.4 is 10.2 Å². The zero-order valence-electron chi connectivity index (χ0n) is 13.4. The Balaban J connectivity index is 1.73. The van der Waals surface area contributed by atoms with Crippen molar-refractivity contribution in [2.24, 2.45) is 5.10 Å². The van der Waals surface area contributed by atoms with Gasteiger partial charge in [0.25, 0.3) is 0 Å². The lowest BCUT2D eigenvalue weighted by molar-refractivity contribution is 0.385. The number of hydrogen-bond donors (Lipinski definition) is 1. The number of hydrogen-bond acceptors (Lipinski definition) is 5. The monoisotopic (exact) mass is 351 g/mol. The molecule has 0 fully saturated rings. The van der Waals surface area contributed by atoms with Gasteiger partial charge in [-0.05, 0) is 17.7 Å². The van der Waals surface area contributed by atoms with Gasteiger partial charge in [0.15, 0.2) is 11.6 Å². The van der Waals surface area contributed by atoms with Crippen LogP contribution in [0.25, 0.3) is 11.3 Å². The Kier molecular flexibility index (Phi) is 5.07. The molecule has 0 saturated heterocycles. The number of benzene rings is 2. The van der Waals surface area contributed by atoms with Crippen LogP contribution in [0.3, 0.4) is 0 Å². The van der Waals surface area contributed by atoms with Crippen LogP contribution in [0.4, 0.5) is 9.52 Å². The molecule has 1 heterocycles. The maximum atomic E-state index is 13.9. The van der Waals surface area contributed by atoms with Gasteiger partial charge in [-0.2, -0.15) is 5.10 Å². The smallest absolute Gasteiger partial charge is 0.203 e. The van der Waals surface area contributed by atoms with Crippen molar-refractivity contribution in [1.29, 1.82) is 0 Å². The predicted octanol–water partition coefficient (Wildman–Crippen LogP) is 4.39. The minimum absolute atomic E-state index is 0.0556. The zero-order valence-corrected chi connectivity index (χ0v) is 14.2. The highest BCUT2D eigenvalue weighted by atomic mass is 32.1. The second-order valence-electron chi connectivity index (χ2n) is 5.00. The van der Waals surface area contributed by atoms with Crippen LogP contribution in [-0.2, 0) is 0 Å². The van der Waals surface area contributed by atoms with Gasteiger partial charge in [0.05, 0.1) is 24.6 Å². The third-order valence-corrected chi connectivity index (χ3v) is 4.12. The predicted molar refractivity (Wildman–Crippen MR) is 99.7 cm³/mol. The summed E-state index contributed by atoms with van der Waals surface area (Å²) in [5.74, 6) is 1.93. The molecular formula is C19H14FN3OS. The van der Waals surface area contributed by atoms with E-state index in [0.717, 1.165) is 11.3 Å². The van der Waals surface area contributed by atoms with E-state index >= 15 is 0 Å². The van der Waals surface area contributed by atoms with Crippen LogP contribution >= 0.6 is 11.3 Å². The molecule has 0 radical (unpaired) electrons. The van der Waals surface area contributed by atoms with Gasteiger partial charge in [-0.3, -0.25) is 5.43 Å². The van der Waals surface area contributed by atoms with Gasteiger partial charge >= 0.3 is 0 Å². The molecule has 0 spiro atoms. The molecular weight excluding hydrogens is 337 g/mol. The summed E-state index contributed by atoms with van der Waals surface area (Å²) >= 11 is 1.43. The van der Waals surface area contributed by atoms with E-state index in [1.165, 1.54) is 30.7 Å². The quantitative estimate of drug-likeness (QED) is 0.421. The molecule has 0 atom stereocenters. The molecule has 124 valence electrons. The minimum Gasteiger partial charge on any atom is -0.492 e. The summed E-state index contributed by atoms with van der Waals surface area (Å²) in [6.45, 7) is 0. The summed E-state index contributed by atoms with van der Waals surface area (Å²) in [6.07, 6.45) is 6.86. The molecule has 1 aromatic heterocycles. The summed E-state index contributed by atoms with van der Waals surface area (Å²) in [7, 11) is 1.38. The van der Waals surface area contributed by atoms with Gasteiger partial charge in [0.1, 0.15) is 0 Å². The topological polar surface area (TPSA) is 46.5 Å². The van der Waals surface area contributed by atoms with E-state index in [9.17, 15) is 4.39 Å². The highest BCUT2D eigenvalue weighted by molar-refractivity contribution is 7.14. The molecule has 3 rings (SSSR count). The maximum Gasteiger partial charge on any atom is 0.203 e. The molecule has 0 aliphatic rings. The molecule has 2 aromatic carbocycles. The molecule has 3 aromatic rings. The first-order chi connectivity index (χ1) is 12.2. The van der Waals surface area contributed by atoms with Crippen molar-refractivity contribution >= 4 is 22.7 Å². The molecule has 1 N–H and O–H groups in total. The Morgan fingerprint density at radius 2 is 2.12 bits per heavy atom. The number of anilines is 1. The van der Waals surface area contributed by atoms with Gasteiger partial charge in [0.2, 0.25) is 5.13 Å². The van der Waals surface area contributed by atoms with Crippen LogP contribution in [0.1, 0.15) is 11.1 Å². The lowest BCUT2D eigenvalue weighted by Crippen LogP contribution is -1.96. The molecule has 0 saturated carbocycles. The van der Waals surface area contributed by atoms with Gasteiger partial charge in [-0.1, -0.05) is 36.3 Å². The lowest BCUT2D eigenvalue weighted by Gasteiger charge is -2.05. The van der Waals surface area contributed by atoms with E-state index in [2.05, 4.69) is 21.4 Å². The van der Waals surface area contributed by atoms with Crippen molar-refractivity contribution in [3.63, 3.8) is 0 Å². The number of methoxy groups -OCH3 is 1. The average molecular weight is 351 g/mol. The summed E-state index contributed by atoms with van der Waals surface area (Å²) in [5.41, 5.74) is 5.61. The second kappa shape index (κ2) is 7.60. The lowest BCUT2D eigenvalue weighted by atomic mass is 10.1. The van der Waals surface area contributed by atoms with Crippen molar-refractivity contribution in [2.45, 2.75) is 0 Å². The van der Waals surface area contributed by atoms with E-state index in [1.54, 1.807) is 6.07 Å². The van der Waals surface area contributed by atoms with E-state index < -0.39 is 5.82 Å². The van der Waals surface area contributed by atoms with Crippen LogP contribution in [0.15, 0.2) is 52.9 Å². The summed E-state index contributed by atoms with van der Waals surface area (Å²) in [5, 5.41) is 6.67. The number of aromatic nitrogens is 1. The molecule has 0 bridgehead atoms. The SMILES string of the molecule is C#Cc1cc(C=NNc2nc(-c3ccccc3)cs2)cc(F)c1OC. The number of terminal acetylenes is 1.